The monoisotopic (exact) mass is 236 g/mol. The van der Waals surface area contributed by atoms with E-state index >= 15 is 0 Å². The topological polar surface area (TPSA) is 51.2 Å². The molecule has 1 rings (SSSR count). The third-order valence-electron chi connectivity index (χ3n) is 2.26. The summed E-state index contributed by atoms with van der Waals surface area (Å²) < 4.78 is 5.39. The van der Waals surface area contributed by atoms with Crippen molar-refractivity contribution in [3.63, 3.8) is 0 Å². The summed E-state index contributed by atoms with van der Waals surface area (Å²) in [5.41, 5.74) is 0.981. The van der Waals surface area contributed by atoms with E-state index in [1.54, 1.807) is 13.2 Å². The molecule has 0 spiro atoms. The number of esters is 1. The SMILES string of the molecule is CCc1ccnc(NC)c1C(=O)OC(C)(C)C. The predicted molar refractivity (Wildman–Crippen MR) is 68.3 cm³/mol. The van der Waals surface area contributed by atoms with E-state index in [4.69, 9.17) is 4.74 Å². The Bertz CT molecular complexity index is 386. The first-order valence-electron chi connectivity index (χ1n) is 5.78. The van der Waals surface area contributed by atoms with Gasteiger partial charge in [-0.15, -0.1) is 0 Å². The summed E-state index contributed by atoms with van der Waals surface area (Å²) in [4.78, 5) is 16.3. The Morgan fingerprint density at radius 1 is 1.47 bits per heavy atom. The van der Waals surface area contributed by atoms with Gasteiger partial charge in [-0.1, -0.05) is 6.92 Å². The summed E-state index contributed by atoms with van der Waals surface area (Å²) in [6.45, 7) is 7.56. The van der Waals surface area contributed by atoms with E-state index in [0.29, 0.717) is 11.4 Å². The largest absolute Gasteiger partial charge is 0.456 e. The third kappa shape index (κ3) is 3.44. The smallest absolute Gasteiger partial charge is 0.342 e. The van der Waals surface area contributed by atoms with Gasteiger partial charge in [-0.2, -0.15) is 0 Å². The number of carbonyl (C=O) groups is 1. The minimum atomic E-state index is -0.497. The Balaban J connectivity index is 3.14. The second-order valence-corrected chi connectivity index (χ2v) is 4.80. The summed E-state index contributed by atoms with van der Waals surface area (Å²) in [7, 11) is 1.75. The van der Waals surface area contributed by atoms with E-state index in [1.165, 1.54) is 0 Å². The minimum absolute atomic E-state index is 0.327. The maximum atomic E-state index is 12.1. The maximum absolute atomic E-state index is 12.1. The second-order valence-electron chi connectivity index (χ2n) is 4.80. The third-order valence-corrected chi connectivity index (χ3v) is 2.26. The molecule has 1 heterocycles. The molecule has 0 saturated heterocycles. The van der Waals surface area contributed by atoms with Gasteiger partial charge < -0.3 is 10.1 Å². The van der Waals surface area contributed by atoms with Gasteiger partial charge in [-0.3, -0.25) is 0 Å². The Morgan fingerprint density at radius 2 is 2.12 bits per heavy atom. The molecule has 0 bridgehead atoms. The molecule has 17 heavy (non-hydrogen) atoms. The lowest BCUT2D eigenvalue weighted by molar-refractivity contribution is 0.00692. The summed E-state index contributed by atoms with van der Waals surface area (Å²) in [6, 6.07) is 1.85. The van der Waals surface area contributed by atoms with Crippen LogP contribution in [0.2, 0.25) is 0 Å². The fourth-order valence-electron chi connectivity index (χ4n) is 1.54. The lowest BCUT2D eigenvalue weighted by Gasteiger charge is -2.21. The fraction of sp³-hybridized carbons (Fsp3) is 0.538. The van der Waals surface area contributed by atoms with Gasteiger partial charge in [0.15, 0.2) is 0 Å². The molecule has 0 unspecified atom stereocenters. The summed E-state index contributed by atoms with van der Waals surface area (Å²) in [5.74, 6) is 0.241. The first-order valence-corrected chi connectivity index (χ1v) is 5.78. The molecule has 0 amide bonds. The average molecular weight is 236 g/mol. The highest BCUT2D eigenvalue weighted by atomic mass is 16.6. The number of hydrogen-bond donors (Lipinski definition) is 1. The molecule has 0 aliphatic heterocycles. The van der Waals surface area contributed by atoms with Gasteiger partial charge in [0, 0.05) is 13.2 Å². The number of aryl methyl sites for hydroxylation is 1. The Hall–Kier alpha value is -1.58. The highest BCUT2D eigenvalue weighted by molar-refractivity contribution is 5.96. The van der Waals surface area contributed by atoms with Gasteiger partial charge in [0.05, 0.1) is 0 Å². The quantitative estimate of drug-likeness (QED) is 0.820. The van der Waals surface area contributed by atoms with Crippen LogP contribution in [0.15, 0.2) is 12.3 Å². The van der Waals surface area contributed by atoms with Crippen molar-refractivity contribution >= 4 is 11.8 Å². The first kappa shape index (κ1) is 13.5. The second kappa shape index (κ2) is 5.17. The molecule has 0 aromatic carbocycles. The molecule has 0 aliphatic carbocycles. The lowest BCUT2D eigenvalue weighted by atomic mass is 10.1. The zero-order chi connectivity index (χ0) is 13.1. The molecule has 0 saturated carbocycles. The predicted octanol–water partition coefficient (Wildman–Crippen LogP) is 2.64. The van der Waals surface area contributed by atoms with E-state index in [0.717, 1.165) is 12.0 Å². The molecular weight excluding hydrogens is 216 g/mol. The summed E-state index contributed by atoms with van der Waals surface area (Å²) in [6.07, 6.45) is 2.46. The number of aromatic nitrogens is 1. The van der Waals surface area contributed by atoms with Crippen LogP contribution in [0.5, 0.6) is 0 Å². The molecule has 1 aromatic rings. The van der Waals surface area contributed by atoms with Crippen molar-refractivity contribution in [2.45, 2.75) is 39.7 Å². The number of rotatable bonds is 3. The normalized spacial score (nSPS) is 11.1. The first-order chi connectivity index (χ1) is 7.89. The maximum Gasteiger partial charge on any atom is 0.342 e. The van der Waals surface area contributed by atoms with E-state index in [1.807, 2.05) is 33.8 Å². The van der Waals surface area contributed by atoms with Gasteiger partial charge in [0.25, 0.3) is 0 Å². The van der Waals surface area contributed by atoms with E-state index in [9.17, 15) is 4.79 Å². The molecule has 0 atom stereocenters. The van der Waals surface area contributed by atoms with E-state index in [-0.39, 0.29) is 5.97 Å². The van der Waals surface area contributed by atoms with Crippen molar-refractivity contribution in [1.29, 1.82) is 0 Å². The van der Waals surface area contributed by atoms with Crippen LogP contribution in [0.1, 0.15) is 43.6 Å². The Morgan fingerprint density at radius 3 is 2.59 bits per heavy atom. The van der Waals surface area contributed by atoms with Crippen molar-refractivity contribution in [2.24, 2.45) is 0 Å². The van der Waals surface area contributed by atoms with Crippen molar-refractivity contribution in [3.05, 3.63) is 23.4 Å². The van der Waals surface area contributed by atoms with Crippen LogP contribution < -0.4 is 5.32 Å². The highest BCUT2D eigenvalue weighted by Crippen LogP contribution is 2.21. The van der Waals surface area contributed by atoms with Crippen LogP contribution in [0, 0.1) is 0 Å². The number of ether oxygens (including phenoxy) is 1. The number of carbonyl (C=O) groups excluding carboxylic acids is 1. The van der Waals surface area contributed by atoms with Crippen LogP contribution in [-0.2, 0) is 11.2 Å². The molecule has 4 nitrogen and oxygen atoms in total. The standard InChI is InChI=1S/C13H20N2O2/c1-6-9-7-8-15-11(14-5)10(9)12(16)17-13(2,3)4/h7-8H,6H2,1-5H3,(H,14,15). The fourth-order valence-corrected chi connectivity index (χ4v) is 1.54. The number of anilines is 1. The number of nitrogens with zero attached hydrogens (tertiary/aromatic N) is 1. The van der Waals surface area contributed by atoms with E-state index < -0.39 is 5.60 Å². The van der Waals surface area contributed by atoms with Crippen LogP contribution in [0.3, 0.4) is 0 Å². The van der Waals surface area contributed by atoms with Gasteiger partial charge in [-0.05, 0) is 38.8 Å². The number of nitrogens with one attached hydrogen (secondary N) is 1. The van der Waals surface area contributed by atoms with Crippen molar-refractivity contribution in [1.82, 2.24) is 4.98 Å². The molecule has 1 N–H and O–H groups in total. The Labute approximate surface area is 102 Å². The number of hydrogen-bond acceptors (Lipinski definition) is 4. The van der Waals surface area contributed by atoms with Crippen LogP contribution in [-0.4, -0.2) is 23.6 Å². The molecule has 94 valence electrons. The van der Waals surface area contributed by atoms with Gasteiger partial charge in [-0.25, -0.2) is 9.78 Å². The summed E-state index contributed by atoms with van der Waals surface area (Å²) in [5, 5.41) is 2.93. The molecule has 0 radical (unpaired) electrons. The van der Waals surface area contributed by atoms with Gasteiger partial charge >= 0.3 is 5.97 Å². The van der Waals surface area contributed by atoms with Gasteiger partial charge in [0.1, 0.15) is 17.0 Å². The Kier molecular flexibility index (Phi) is 4.10. The molecule has 0 fully saturated rings. The van der Waals surface area contributed by atoms with Crippen molar-refractivity contribution in [2.75, 3.05) is 12.4 Å². The highest BCUT2D eigenvalue weighted by Gasteiger charge is 2.23. The number of pyridine rings is 1. The van der Waals surface area contributed by atoms with Crippen LogP contribution in [0.4, 0.5) is 5.82 Å². The van der Waals surface area contributed by atoms with Crippen molar-refractivity contribution in [3.8, 4) is 0 Å². The summed E-state index contributed by atoms with van der Waals surface area (Å²) >= 11 is 0. The molecule has 4 heteroatoms. The average Bonchev–Trinajstić information content (AvgIpc) is 2.25. The van der Waals surface area contributed by atoms with Gasteiger partial charge in [0.2, 0.25) is 0 Å². The zero-order valence-electron chi connectivity index (χ0n) is 11.1. The molecule has 0 aliphatic rings. The molecule has 1 aromatic heterocycles. The minimum Gasteiger partial charge on any atom is -0.456 e. The van der Waals surface area contributed by atoms with E-state index in [2.05, 4.69) is 10.3 Å². The van der Waals surface area contributed by atoms with Crippen LogP contribution in [0.25, 0.3) is 0 Å². The lowest BCUT2D eigenvalue weighted by Crippen LogP contribution is -2.25. The van der Waals surface area contributed by atoms with Crippen LogP contribution >= 0.6 is 0 Å². The zero-order valence-corrected chi connectivity index (χ0v) is 11.1. The van der Waals surface area contributed by atoms with Crippen molar-refractivity contribution < 1.29 is 9.53 Å². The molecular formula is C13H20N2O2.